The Hall–Kier alpha value is -1.55. The highest BCUT2D eigenvalue weighted by atomic mass is 16.5. The van der Waals surface area contributed by atoms with E-state index in [0.29, 0.717) is 12.5 Å². The lowest BCUT2D eigenvalue weighted by Gasteiger charge is -2.06. The van der Waals surface area contributed by atoms with Gasteiger partial charge in [0.25, 0.3) is 0 Å². The summed E-state index contributed by atoms with van der Waals surface area (Å²) in [6.45, 7) is 4.62. The Kier molecular flexibility index (Phi) is 3.77. The van der Waals surface area contributed by atoms with Gasteiger partial charge in [-0.2, -0.15) is 0 Å². The van der Waals surface area contributed by atoms with Crippen molar-refractivity contribution in [3.8, 4) is 5.88 Å². The van der Waals surface area contributed by atoms with E-state index in [0.717, 1.165) is 30.5 Å². The number of nitrogens with one attached hydrogen (secondary N) is 1. The number of aromatic nitrogens is 1. The molecule has 86 valence electrons. The highest BCUT2D eigenvalue weighted by molar-refractivity contribution is 5.81. The summed E-state index contributed by atoms with van der Waals surface area (Å²) in [4.78, 5) is 4.19. The Morgan fingerprint density at radius 1 is 1.38 bits per heavy atom. The summed E-state index contributed by atoms with van der Waals surface area (Å²) in [7, 11) is 0. The number of hydrogen-bond donors (Lipinski definition) is 1. The van der Waals surface area contributed by atoms with Crippen molar-refractivity contribution in [1.82, 2.24) is 10.3 Å². The fourth-order valence-electron chi connectivity index (χ4n) is 1.51. The molecule has 0 bridgehead atoms. The van der Waals surface area contributed by atoms with Crippen LogP contribution in [-0.4, -0.2) is 24.7 Å². The molecule has 0 spiro atoms. The van der Waals surface area contributed by atoms with Crippen LogP contribution in [0.15, 0.2) is 29.0 Å². The van der Waals surface area contributed by atoms with Crippen molar-refractivity contribution in [2.75, 3.05) is 19.7 Å². The summed E-state index contributed by atoms with van der Waals surface area (Å²) in [5.41, 5.74) is 0.812. The van der Waals surface area contributed by atoms with Gasteiger partial charge in [-0.25, -0.2) is 4.98 Å². The molecule has 0 saturated heterocycles. The standard InChI is InChI=1S/C12H16N2O2/c1-2-5-13-7-9-16-12-10-4-8-15-11(10)3-6-14-12/h3-4,6,8,13H,2,5,7,9H2,1H3. The largest absolute Gasteiger partial charge is 0.476 e. The van der Waals surface area contributed by atoms with Gasteiger partial charge in [0.2, 0.25) is 5.88 Å². The van der Waals surface area contributed by atoms with E-state index in [4.69, 9.17) is 9.15 Å². The summed E-state index contributed by atoms with van der Waals surface area (Å²) < 4.78 is 10.9. The molecule has 2 heterocycles. The molecule has 0 fully saturated rings. The van der Waals surface area contributed by atoms with E-state index in [2.05, 4.69) is 17.2 Å². The number of rotatable bonds is 6. The molecular weight excluding hydrogens is 204 g/mol. The van der Waals surface area contributed by atoms with Crippen molar-refractivity contribution in [2.24, 2.45) is 0 Å². The quantitative estimate of drug-likeness (QED) is 0.758. The van der Waals surface area contributed by atoms with Gasteiger partial charge in [-0.3, -0.25) is 0 Å². The average molecular weight is 220 g/mol. The van der Waals surface area contributed by atoms with Crippen LogP contribution >= 0.6 is 0 Å². The fraction of sp³-hybridized carbons (Fsp3) is 0.417. The maximum Gasteiger partial charge on any atom is 0.224 e. The average Bonchev–Trinajstić information content (AvgIpc) is 2.77. The van der Waals surface area contributed by atoms with Crippen LogP contribution in [0.3, 0.4) is 0 Å². The summed E-state index contributed by atoms with van der Waals surface area (Å²) in [6.07, 6.45) is 4.48. The van der Waals surface area contributed by atoms with Crippen molar-refractivity contribution in [3.05, 3.63) is 24.6 Å². The first-order valence-electron chi connectivity index (χ1n) is 5.57. The molecule has 2 aromatic rings. The van der Waals surface area contributed by atoms with Crippen LogP contribution in [0.25, 0.3) is 11.0 Å². The summed E-state index contributed by atoms with van der Waals surface area (Å²) in [5, 5.41) is 4.20. The minimum absolute atomic E-state index is 0.622. The maximum absolute atomic E-state index is 5.59. The molecule has 0 aliphatic rings. The molecule has 4 heteroatoms. The van der Waals surface area contributed by atoms with Gasteiger partial charge >= 0.3 is 0 Å². The maximum atomic E-state index is 5.59. The first-order valence-corrected chi connectivity index (χ1v) is 5.57. The Labute approximate surface area is 94.6 Å². The van der Waals surface area contributed by atoms with Gasteiger partial charge in [-0.1, -0.05) is 6.92 Å². The molecule has 1 N–H and O–H groups in total. The van der Waals surface area contributed by atoms with Crippen LogP contribution in [0.4, 0.5) is 0 Å². The van der Waals surface area contributed by atoms with Crippen LogP contribution in [0.1, 0.15) is 13.3 Å². The molecule has 16 heavy (non-hydrogen) atoms. The third kappa shape index (κ3) is 2.52. The monoisotopic (exact) mass is 220 g/mol. The molecule has 0 unspecified atom stereocenters. The first kappa shape index (κ1) is 11.0. The predicted octanol–water partition coefficient (Wildman–Crippen LogP) is 2.21. The van der Waals surface area contributed by atoms with Crippen LogP contribution in [0.2, 0.25) is 0 Å². The zero-order valence-electron chi connectivity index (χ0n) is 9.40. The number of furan rings is 1. The number of nitrogens with zero attached hydrogens (tertiary/aromatic N) is 1. The summed E-state index contributed by atoms with van der Waals surface area (Å²) >= 11 is 0. The van der Waals surface area contributed by atoms with Gasteiger partial charge in [0.05, 0.1) is 11.6 Å². The Bertz CT molecular complexity index is 439. The van der Waals surface area contributed by atoms with E-state index in [-0.39, 0.29) is 0 Å². The lowest BCUT2D eigenvalue weighted by Crippen LogP contribution is -2.21. The first-order chi connectivity index (χ1) is 7.92. The second-order valence-corrected chi connectivity index (χ2v) is 3.55. The van der Waals surface area contributed by atoms with E-state index in [9.17, 15) is 0 Å². The van der Waals surface area contributed by atoms with Crippen LogP contribution < -0.4 is 10.1 Å². The molecule has 4 nitrogen and oxygen atoms in total. The van der Waals surface area contributed by atoms with Gasteiger partial charge in [0.1, 0.15) is 12.2 Å². The van der Waals surface area contributed by atoms with Crippen molar-refractivity contribution < 1.29 is 9.15 Å². The minimum Gasteiger partial charge on any atom is -0.476 e. The molecule has 0 aliphatic carbocycles. The second kappa shape index (κ2) is 5.51. The van der Waals surface area contributed by atoms with E-state index in [1.165, 1.54) is 0 Å². The predicted molar refractivity (Wildman–Crippen MR) is 62.7 cm³/mol. The SMILES string of the molecule is CCCNCCOc1nccc2occc12. The zero-order valence-corrected chi connectivity index (χ0v) is 9.40. The van der Waals surface area contributed by atoms with Crippen LogP contribution in [-0.2, 0) is 0 Å². The van der Waals surface area contributed by atoms with Crippen molar-refractivity contribution in [1.29, 1.82) is 0 Å². The Morgan fingerprint density at radius 2 is 2.31 bits per heavy atom. The second-order valence-electron chi connectivity index (χ2n) is 3.55. The zero-order chi connectivity index (χ0) is 11.2. The van der Waals surface area contributed by atoms with E-state index < -0.39 is 0 Å². The van der Waals surface area contributed by atoms with Crippen molar-refractivity contribution in [3.63, 3.8) is 0 Å². The lowest BCUT2D eigenvalue weighted by molar-refractivity contribution is 0.306. The Morgan fingerprint density at radius 3 is 3.19 bits per heavy atom. The van der Waals surface area contributed by atoms with Crippen LogP contribution in [0.5, 0.6) is 5.88 Å². The molecule has 0 radical (unpaired) electrons. The molecule has 2 rings (SSSR count). The van der Waals surface area contributed by atoms with Gasteiger partial charge < -0.3 is 14.5 Å². The molecule has 0 aliphatic heterocycles. The van der Waals surface area contributed by atoms with Crippen molar-refractivity contribution >= 4 is 11.0 Å². The Balaban J connectivity index is 1.91. The minimum atomic E-state index is 0.622. The number of hydrogen-bond acceptors (Lipinski definition) is 4. The van der Waals surface area contributed by atoms with E-state index in [1.54, 1.807) is 12.5 Å². The lowest BCUT2D eigenvalue weighted by atomic mass is 10.3. The highest BCUT2D eigenvalue weighted by Gasteiger charge is 2.04. The third-order valence-electron chi connectivity index (χ3n) is 2.29. The van der Waals surface area contributed by atoms with Crippen LogP contribution in [0, 0.1) is 0 Å². The molecule has 0 atom stereocenters. The van der Waals surface area contributed by atoms with Crippen molar-refractivity contribution in [2.45, 2.75) is 13.3 Å². The van der Waals surface area contributed by atoms with E-state index in [1.807, 2.05) is 12.1 Å². The van der Waals surface area contributed by atoms with Gasteiger partial charge in [0, 0.05) is 12.7 Å². The molecular formula is C12H16N2O2. The molecule has 0 aromatic carbocycles. The number of ether oxygens (including phenoxy) is 1. The van der Waals surface area contributed by atoms with Gasteiger partial charge in [0.15, 0.2) is 0 Å². The fourth-order valence-corrected chi connectivity index (χ4v) is 1.51. The summed E-state index contributed by atoms with van der Waals surface area (Å²) in [6, 6.07) is 3.70. The summed E-state index contributed by atoms with van der Waals surface area (Å²) in [5.74, 6) is 0.643. The van der Waals surface area contributed by atoms with Gasteiger partial charge in [-0.15, -0.1) is 0 Å². The topological polar surface area (TPSA) is 47.3 Å². The number of pyridine rings is 1. The number of fused-ring (bicyclic) bond motifs is 1. The highest BCUT2D eigenvalue weighted by Crippen LogP contribution is 2.23. The van der Waals surface area contributed by atoms with Gasteiger partial charge in [-0.05, 0) is 25.1 Å². The van der Waals surface area contributed by atoms with E-state index >= 15 is 0 Å². The molecule has 0 amide bonds. The molecule has 2 aromatic heterocycles. The molecule has 0 saturated carbocycles. The third-order valence-corrected chi connectivity index (χ3v) is 2.29. The smallest absolute Gasteiger partial charge is 0.224 e. The normalized spacial score (nSPS) is 10.8.